The number of carboxylic acids is 1. The number of benzene rings is 3. The number of carbonyl (C=O) groups excluding carboxylic acids is 1. The average Bonchev–Trinajstić information content (AvgIpc) is 3.56. The molecule has 0 saturated heterocycles. The molecule has 0 spiro atoms. The Morgan fingerprint density at radius 1 is 1.00 bits per heavy atom. The van der Waals surface area contributed by atoms with Gasteiger partial charge in [-0.25, -0.2) is 9.59 Å². The van der Waals surface area contributed by atoms with E-state index in [1.54, 1.807) is 6.07 Å². The summed E-state index contributed by atoms with van der Waals surface area (Å²) in [7, 11) is 0. The Balaban J connectivity index is 1.29. The van der Waals surface area contributed by atoms with Crippen molar-refractivity contribution in [1.82, 2.24) is 4.90 Å². The van der Waals surface area contributed by atoms with E-state index in [2.05, 4.69) is 24.3 Å². The van der Waals surface area contributed by atoms with Gasteiger partial charge in [0.1, 0.15) is 18.0 Å². The summed E-state index contributed by atoms with van der Waals surface area (Å²) in [6, 6.07) is 20.6. The highest BCUT2D eigenvalue weighted by atomic mass is 16.6. The summed E-state index contributed by atoms with van der Waals surface area (Å²) in [5.41, 5.74) is 5.59. The van der Waals surface area contributed by atoms with Crippen molar-refractivity contribution in [2.45, 2.75) is 56.7 Å². The Labute approximate surface area is 210 Å². The van der Waals surface area contributed by atoms with Crippen molar-refractivity contribution >= 4 is 12.1 Å². The summed E-state index contributed by atoms with van der Waals surface area (Å²) < 4.78 is 12.1. The maximum Gasteiger partial charge on any atom is 0.411 e. The van der Waals surface area contributed by atoms with Crippen LogP contribution in [0.15, 0.2) is 66.7 Å². The third-order valence-electron chi connectivity index (χ3n) is 7.42. The fraction of sp³-hybridized carbons (Fsp3) is 0.333. The third kappa shape index (κ3) is 3.81. The fourth-order valence-electron chi connectivity index (χ4n) is 5.74. The first-order valence-corrected chi connectivity index (χ1v) is 12.5. The zero-order valence-corrected chi connectivity index (χ0v) is 20.4. The molecule has 3 aromatic rings. The van der Waals surface area contributed by atoms with Gasteiger partial charge in [-0.05, 0) is 54.5 Å². The average molecular weight is 484 g/mol. The highest BCUT2D eigenvalue weighted by Gasteiger charge is 2.45. The number of rotatable bonds is 6. The summed E-state index contributed by atoms with van der Waals surface area (Å²) in [5, 5.41) is 10.3. The first kappa shape index (κ1) is 22.7. The molecule has 0 bridgehead atoms. The number of carboxylic acid groups (broad SMARTS) is 1. The lowest BCUT2D eigenvalue weighted by atomic mass is 9.97. The maximum absolute atomic E-state index is 13.6. The smallest absolute Gasteiger partial charge is 0.411 e. The Kier molecular flexibility index (Phi) is 5.29. The first-order chi connectivity index (χ1) is 17.3. The maximum atomic E-state index is 13.6. The predicted molar refractivity (Wildman–Crippen MR) is 135 cm³/mol. The molecular formula is C30H29NO5. The van der Waals surface area contributed by atoms with Gasteiger partial charge < -0.3 is 14.6 Å². The molecule has 6 nitrogen and oxygen atoms in total. The van der Waals surface area contributed by atoms with Gasteiger partial charge in [0, 0.05) is 23.9 Å². The van der Waals surface area contributed by atoms with E-state index < -0.39 is 23.7 Å². The molecule has 1 unspecified atom stereocenters. The molecule has 3 aliphatic rings. The molecule has 1 aliphatic heterocycles. The molecule has 1 saturated carbocycles. The number of ether oxygens (including phenoxy) is 2. The molecule has 1 N–H and O–H groups in total. The van der Waals surface area contributed by atoms with Crippen molar-refractivity contribution in [1.29, 1.82) is 0 Å². The highest BCUT2D eigenvalue weighted by Crippen LogP contribution is 2.46. The number of amides is 1. The normalized spacial score (nSPS) is 17.9. The summed E-state index contributed by atoms with van der Waals surface area (Å²) in [6.07, 6.45) is 1.61. The van der Waals surface area contributed by atoms with Gasteiger partial charge in [-0.2, -0.15) is 0 Å². The number of aliphatic carboxylic acids is 1. The van der Waals surface area contributed by atoms with Crippen LogP contribution in [0.2, 0.25) is 0 Å². The van der Waals surface area contributed by atoms with Crippen LogP contribution < -0.4 is 4.74 Å². The molecule has 6 rings (SSSR count). The van der Waals surface area contributed by atoms with E-state index in [1.165, 1.54) is 4.90 Å². The Bertz CT molecular complexity index is 1310. The number of carbonyl (C=O) groups is 2. The van der Waals surface area contributed by atoms with Crippen LogP contribution in [0.4, 0.5) is 4.79 Å². The van der Waals surface area contributed by atoms with Gasteiger partial charge in [0.25, 0.3) is 0 Å². The second kappa shape index (κ2) is 8.40. The van der Waals surface area contributed by atoms with Gasteiger partial charge in [-0.3, -0.25) is 4.90 Å². The lowest BCUT2D eigenvalue weighted by Gasteiger charge is -2.30. The zero-order valence-electron chi connectivity index (χ0n) is 20.4. The van der Waals surface area contributed by atoms with E-state index in [0.717, 1.165) is 40.7 Å². The largest absolute Gasteiger partial charge is 0.487 e. The summed E-state index contributed by atoms with van der Waals surface area (Å²) >= 11 is 0. The van der Waals surface area contributed by atoms with E-state index in [-0.39, 0.29) is 18.6 Å². The second-order valence-electron chi connectivity index (χ2n) is 10.6. The number of hydrogen-bond acceptors (Lipinski definition) is 4. The summed E-state index contributed by atoms with van der Waals surface area (Å²) in [6.45, 7) is 4.12. The molecule has 0 radical (unpaired) electrons. The molecule has 1 heterocycles. The molecule has 3 aromatic carbocycles. The Hall–Kier alpha value is -3.80. The molecule has 2 aliphatic carbocycles. The van der Waals surface area contributed by atoms with Gasteiger partial charge in [0.05, 0.1) is 0 Å². The molecular weight excluding hydrogens is 454 g/mol. The van der Waals surface area contributed by atoms with Gasteiger partial charge in [0.2, 0.25) is 0 Å². The van der Waals surface area contributed by atoms with Crippen molar-refractivity contribution in [2.75, 3.05) is 6.61 Å². The number of nitrogens with zero attached hydrogens (tertiary/aromatic N) is 1. The standard InChI is InChI=1S/C30H29NO5/c1-30(2)16-18-8-7-13-24(27(18)36-30)26(28(32)33)31(19-14-15-19)29(34)35-17-25-22-11-5-3-9-20(22)21-10-4-6-12-23(21)25/h3-13,19,25-26H,14-17H2,1-2H3,(H,32,33). The lowest BCUT2D eigenvalue weighted by Crippen LogP contribution is -2.41. The van der Waals surface area contributed by atoms with E-state index >= 15 is 0 Å². The SMILES string of the molecule is CC1(C)Cc2cccc(C(C(=O)O)N(C(=O)OCC3c4ccccc4-c4ccccc43)C3CC3)c2O1. The third-order valence-corrected chi connectivity index (χ3v) is 7.42. The van der Waals surface area contributed by atoms with Crippen LogP contribution >= 0.6 is 0 Å². The molecule has 1 atom stereocenters. The van der Waals surface area contributed by atoms with Crippen LogP contribution in [-0.4, -0.2) is 40.3 Å². The highest BCUT2D eigenvalue weighted by molar-refractivity contribution is 5.83. The molecule has 0 aromatic heterocycles. The predicted octanol–water partition coefficient (Wildman–Crippen LogP) is 5.94. The molecule has 184 valence electrons. The number of hydrogen-bond donors (Lipinski definition) is 1. The second-order valence-corrected chi connectivity index (χ2v) is 10.6. The van der Waals surface area contributed by atoms with Crippen LogP contribution in [0.1, 0.15) is 60.9 Å². The quantitative estimate of drug-likeness (QED) is 0.470. The number of fused-ring (bicyclic) bond motifs is 4. The van der Waals surface area contributed by atoms with E-state index in [0.29, 0.717) is 17.7 Å². The fourth-order valence-corrected chi connectivity index (χ4v) is 5.74. The van der Waals surface area contributed by atoms with Crippen molar-refractivity contribution in [2.24, 2.45) is 0 Å². The van der Waals surface area contributed by atoms with Crippen molar-refractivity contribution < 1.29 is 24.2 Å². The minimum Gasteiger partial charge on any atom is -0.487 e. The van der Waals surface area contributed by atoms with Crippen LogP contribution in [0, 0.1) is 0 Å². The molecule has 1 amide bonds. The van der Waals surface area contributed by atoms with Gasteiger partial charge in [-0.1, -0.05) is 66.7 Å². The van der Waals surface area contributed by atoms with Gasteiger partial charge in [0.15, 0.2) is 6.04 Å². The molecule has 6 heteroatoms. The Morgan fingerprint density at radius 2 is 1.64 bits per heavy atom. The summed E-state index contributed by atoms with van der Waals surface area (Å²) in [4.78, 5) is 27.6. The monoisotopic (exact) mass is 483 g/mol. The van der Waals surface area contributed by atoms with Gasteiger partial charge >= 0.3 is 12.1 Å². The zero-order chi connectivity index (χ0) is 25.0. The van der Waals surface area contributed by atoms with Crippen LogP contribution in [0.3, 0.4) is 0 Å². The van der Waals surface area contributed by atoms with E-state index in [9.17, 15) is 14.7 Å². The van der Waals surface area contributed by atoms with Crippen molar-refractivity contribution in [3.8, 4) is 16.9 Å². The van der Waals surface area contributed by atoms with Crippen LogP contribution in [0.25, 0.3) is 11.1 Å². The van der Waals surface area contributed by atoms with Crippen molar-refractivity contribution in [3.05, 3.63) is 89.0 Å². The van der Waals surface area contributed by atoms with Crippen LogP contribution in [-0.2, 0) is 16.0 Å². The topological polar surface area (TPSA) is 76.1 Å². The van der Waals surface area contributed by atoms with E-state index in [4.69, 9.17) is 9.47 Å². The minimum atomic E-state index is -1.17. The van der Waals surface area contributed by atoms with Crippen LogP contribution in [0.5, 0.6) is 5.75 Å². The molecule has 1 fully saturated rings. The number of para-hydroxylation sites is 1. The summed E-state index contributed by atoms with van der Waals surface area (Å²) in [5.74, 6) is -0.597. The lowest BCUT2D eigenvalue weighted by molar-refractivity contribution is -0.143. The molecule has 36 heavy (non-hydrogen) atoms. The first-order valence-electron chi connectivity index (χ1n) is 12.5. The van der Waals surface area contributed by atoms with Gasteiger partial charge in [-0.15, -0.1) is 0 Å². The Morgan fingerprint density at radius 3 is 2.25 bits per heavy atom. The van der Waals surface area contributed by atoms with Crippen molar-refractivity contribution in [3.63, 3.8) is 0 Å². The minimum absolute atomic E-state index is 0.0872. The van der Waals surface area contributed by atoms with E-state index in [1.807, 2.05) is 50.2 Å².